The second-order valence-electron chi connectivity index (χ2n) is 7.86. The molecule has 1 saturated carbocycles. The minimum absolute atomic E-state index is 0.365. The minimum atomic E-state index is 0.365. The molecule has 3 nitrogen and oxygen atoms in total. The van der Waals surface area contributed by atoms with E-state index in [1.165, 1.54) is 48.6 Å². The number of nitrogens with one attached hydrogen (secondary N) is 1. The monoisotopic (exact) mass is 324 g/mol. The summed E-state index contributed by atoms with van der Waals surface area (Å²) in [5.74, 6) is 1.77. The highest BCUT2D eigenvalue weighted by atomic mass is 16.2. The molecule has 1 aromatic carbocycles. The molecule has 2 aromatic rings. The van der Waals surface area contributed by atoms with Gasteiger partial charge in [-0.1, -0.05) is 38.0 Å². The smallest absolute Gasteiger partial charge is 0.223 e. The van der Waals surface area contributed by atoms with Gasteiger partial charge in [-0.2, -0.15) is 0 Å². The predicted molar refractivity (Wildman–Crippen MR) is 97.9 cm³/mol. The number of H-pyrrole nitrogens is 1. The Morgan fingerprint density at radius 2 is 2.08 bits per heavy atom. The number of carbonyl (C=O) groups excluding carboxylic acids is 1. The van der Waals surface area contributed by atoms with E-state index >= 15 is 0 Å². The standard InChI is InChI=1S/C21H28N2O/c1-15-12-16-6-2-5-9-20(16)23(14-15)21(24)11-10-17-13-22-19-8-4-3-7-18(17)19/h3-4,7-8,13,15-16,20,22H,2,5-6,9-12,14H2,1H3. The number of benzene rings is 1. The van der Waals surface area contributed by atoms with Gasteiger partial charge in [-0.3, -0.25) is 4.79 Å². The Morgan fingerprint density at radius 3 is 3.00 bits per heavy atom. The number of fused-ring (bicyclic) bond motifs is 2. The van der Waals surface area contributed by atoms with Crippen LogP contribution in [-0.4, -0.2) is 28.4 Å². The molecule has 3 heteroatoms. The lowest BCUT2D eigenvalue weighted by atomic mass is 9.75. The molecule has 24 heavy (non-hydrogen) atoms. The summed E-state index contributed by atoms with van der Waals surface area (Å²) in [5.41, 5.74) is 2.43. The number of aromatic nitrogens is 1. The number of hydrogen-bond acceptors (Lipinski definition) is 1. The Bertz CT molecular complexity index is 719. The number of piperidine rings is 1. The molecule has 1 aliphatic heterocycles. The number of carbonyl (C=O) groups is 1. The molecule has 3 atom stereocenters. The van der Waals surface area contributed by atoms with Gasteiger partial charge in [-0.05, 0) is 49.1 Å². The number of hydrogen-bond donors (Lipinski definition) is 1. The largest absolute Gasteiger partial charge is 0.361 e. The maximum Gasteiger partial charge on any atom is 0.223 e. The summed E-state index contributed by atoms with van der Waals surface area (Å²) in [4.78, 5) is 18.5. The van der Waals surface area contributed by atoms with Gasteiger partial charge in [0.25, 0.3) is 0 Å². The number of amides is 1. The molecule has 1 aromatic heterocycles. The molecule has 1 N–H and O–H groups in total. The zero-order valence-electron chi connectivity index (χ0n) is 14.6. The summed E-state index contributed by atoms with van der Waals surface area (Å²) in [6.07, 6.45) is 10.0. The molecule has 0 spiro atoms. The van der Waals surface area contributed by atoms with Crippen molar-refractivity contribution in [3.63, 3.8) is 0 Å². The lowest BCUT2D eigenvalue weighted by molar-refractivity contribution is -0.139. The first-order valence-electron chi connectivity index (χ1n) is 9.57. The molecule has 1 saturated heterocycles. The van der Waals surface area contributed by atoms with Crippen molar-refractivity contribution in [2.24, 2.45) is 11.8 Å². The molecule has 0 bridgehead atoms. The predicted octanol–water partition coefficient (Wildman–Crippen LogP) is 4.53. The van der Waals surface area contributed by atoms with Gasteiger partial charge in [0, 0.05) is 36.1 Å². The SMILES string of the molecule is CC1CC2CCCCC2N(C(=O)CCc2c[nH]c3ccccc23)C1. The second kappa shape index (κ2) is 6.62. The maximum atomic E-state index is 12.9. The quantitative estimate of drug-likeness (QED) is 0.885. The normalized spacial score (nSPS) is 27.2. The number of aromatic amines is 1. The molecule has 0 radical (unpaired) electrons. The average Bonchev–Trinajstić information content (AvgIpc) is 3.02. The first-order valence-corrected chi connectivity index (χ1v) is 9.57. The fourth-order valence-electron chi connectivity index (χ4n) is 4.95. The van der Waals surface area contributed by atoms with E-state index in [1.807, 2.05) is 6.07 Å². The highest BCUT2D eigenvalue weighted by molar-refractivity contribution is 5.84. The van der Waals surface area contributed by atoms with E-state index < -0.39 is 0 Å². The van der Waals surface area contributed by atoms with E-state index in [1.54, 1.807) is 0 Å². The molecule has 1 amide bonds. The van der Waals surface area contributed by atoms with Gasteiger partial charge in [0.1, 0.15) is 0 Å². The number of likely N-dealkylation sites (tertiary alicyclic amines) is 1. The third-order valence-corrected chi connectivity index (χ3v) is 6.09. The summed E-state index contributed by atoms with van der Waals surface area (Å²) in [6.45, 7) is 3.28. The van der Waals surface area contributed by atoms with E-state index in [-0.39, 0.29) is 0 Å². The zero-order chi connectivity index (χ0) is 16.5. The molecule has 2 heterocycles. The van der Waals surface area contributed by atoms with Gasteiger partial charge in [0.2, 0.25) is 5.91 Å². The van der Waals surface area contributed by atoms with Gasteiger partial charge in [-0.15, -0.1) is 0 Å². The number of para-hydroxylation sites is 1. The van der Waals surface area contributed by atoms with Crippen molar-refractivity contribution in [1.82, 2.24) is 9.88 Å². The number of aryl methyl sites for hydroxylation is 1. The zero-order valence-corrected chi connectivity index (χ0v) is 14.6. The van der Waals surface area contributed by atoms with E-state index in [0.29, 0.717) is 24.3 Å². The summed E-state index contributed by atoms with van der Waals surface area (Å²) in [6, 6.07) is 8.88. The van der Waals surface area contributed by atoms with Crippen LogP contribution >= 0.6 is 0 Å². The van der Waals surface area contributed by atoms with Crippen LogP contribution in [-0.2, 0) is 11.2 Å². The van der Waals surface area contributed by atoms with Crippen LogP contribution in [0.25, 0.3) is 10.9 Å². The maximum absolute atomic E-state index is 12.9. The molecule has 4 rings (SSSR count). The third kappa shape index (κ3) is 2.97. The summed E-state index contributed by atoms with van der Waals surface area (Å²) in [5, 5.41) is 1.26. The van der Waals surface area contributed by atoms with Crippen molar-refractivity contribution in [3.05, 3.63) is 36.0 Å². The van der Waals surface area contributed by atoms with Gasteiger partial charge < -0.3 is 9.88 Å². The molecular weight excluding hydrogens is 296 g/mol. The second-order valence-corrected chi connectivity index (χ2v) is 7.86. The van der Waals surface area contributed by atoms with Crippen LogP contribution in [0.4, 0.5) is 0 Å². The Labute approximate surface area is 144 Å². The van der Waals surface area contributed by atoms with E-state index in [9.17, 15) is 4.79 Å². The van der Waals surface area contributed by atoms with Crippen LogP contribution in [0.3, 0.4) is 0 Å². The Morgan fingerprint density at radius 1 is 1.25 bits per heavy atom. The first kappa shape index (κ1) is 15.7. The van der Waals surface area contributed by atoms with Crippen LogP contribution in [0.2, 0.25) is 0 Å². The van der Waals surface area contributed by atoms with Crippen LogP contribution in [0.5, 0.6) is 0 Å². The Hall–Kier alpha value is -1.77. The lowest BCUT2D eigenvalue weighted by Gasteiger charge is -2.46. The third-order valence-electron chi connectivity index (χ3n) is 6.09. The topological polar surface area (TPSA) is 36.1 Å². The van der Waals surface area contributed by atoms with Gasteiger partial charge in [-0.25, -0.2) is 0 Å². The molecule has 1 aliphatic carbocycles. The van der Waals surface area contributed by atoms with Crippen LogP contribution in [0.1, 0.15) is 51.0 Å². The average molecular weight is 324 g/mol. The summed E-state index contributed by atoms with van der Waals surface area (Å²) in [7, 11) is 0. The summed E-state index contributed by atoms with van der Waals surface area (Å²) < 4.78 is 0. The first-order chi connectivity index (χ1) is 11.7. The molecule has 2 aliphatic rings. The highest BCUT2D eigenvalue weighted by Crippen LogP contribution is 2.37. The van der Waals surface area contributed by atoms with E-state index in [4.69, 9.17) is 0 Å². The van der Waals surface area contributed by atoms with Gasteiger partial charge in [0.05, 0.1) is 0 Å². The fraction of sp³-hybridized carbons (Fsp3) is 0.571. The van der Waals surface area contributed by atoms with Crippen molar-refractivity contribution in [1.29, 1.82) is 0 Å². The van der Waals surface area contributed by atoms with Crippen molar-refractivity contribution < 1.29 is 4.79 Å². The van der Waals surface area contributed by atoms with Crippen molar-refractivity contribution in [2.75, 3.05) is 6.54 Å². The Balaban J connectivity index is 1.45. The van der Waals surface area contributed by atoms with Crippen LogP contribution in [0.15, 0.2) is 30.5 Å². The molecule has 128 valence electrons. The molecule has 2 fully saturated rings. The van der Waals surface area contributed by atoms with Crippen molar-refractivity contribution in [3.8, 4) is 0 Å². The van der Waals surface area contributed by atoms with Gasteiger partial charge in [0.15, 0.2) is 0 Å². The summed E-state index contributed by atoms with van der Waals surface area (Å²) >= 11 is 0. The van der Waals surface area contributed by atoms with Crippen LogP contribution in [0, 0.1) is 11.8 Å². The van der Waals surface area contributed by atoms with Crippen LogP contribution < -0.4 is 0 Å². The Kier molecular flexibility index (Phi) is 4.34. The highest BCUT2D eigenvalue weighted by Gasteiger charge is 2.37. The van der Waals surface area contributed by atoms with Crippen molar-refractivity contribution >= 4 is 16.8 Å². The number of rotatable bonds is 3. The lowest BCUT2D eigenvalue weighted by Crippen LogP contribution is -2.52. The van der Waals surface area contributed by atoms with E-state index in [2.05, 4.69) is 41.2 Å². The van der Waals surface area contributed by atoms with Crippen molar-refractivity contribution in [2.45, 2.75) is 57.9 Å². The number of nitrogens with zero attached hydrogens (tertiary/aromatic N) is 1. The minimum Gasteiger partial charge on any atom is -0.361 e. The molecule has 3 unspecified atom stereocenters. The molecular formula is C21H28N2O. The van der Waals surface area contributed by atoms with E-state index in [0.717, 1.165) is 18.9 Å². The van der Waals surface area contributed by atoms with Gasteiger partial charge >= 0.3 is 0 Å². The fourth-order valence-corrected chi connectivity index (χ4v) is 4.95.